The van der Waals surface area contributed by atoms with Gasteiger partial charge in [0.1, 0.15) is 0 Å². The van der Waals surface area contributed by atoms with Gasteiger partial charge in [-0.1, -0.05) is 0 Å². The highest BCUT2D eigenvalue weighted by Crippen LogP contribution is 1.90. The minimum Gasteiger partial charge on any atom is -0.469 e. The van der Waals surface area contributed by atoms with E-state index in [0.29, 0.717) is 6.42 Å². The quantitative estimate of drug-likeness (QED) is 0.473. The standard InChI is InChI=1S/C6H13NO4S/c1-11-6(8)4-3-5-7-12(2,9)10/h7H,3-5H2,1-2H3. The third kappa shape index (κ3) is 7.49. The van der Waals surface area contributed by atoms with Crippen molar-refractivity contribution in [3.8, 4) is 0 Å². The summed E-state index contributed by atoms with van der Waals surface area (Å²) in [5, 5.41) is 0. The molecule has 0 aliphatic carbocycles. The number of sulfonamides is 1. The average Bonchev–Trinajstić information content (AvgIpc) is 1.96. The van der Waals surface area contributed by atoms with Gasteiger partial charge in [-0.15, -0.1) is 0 Å². The smallest absolute Gasteiger partial charge is 0.305 e. The normalized spacial score (nSPS) is 11.2. The molecule has 0 bridgehead atoms. The Morgan fingerprint density at radius 1 is 1.50 bits per heavy atom. The Bertz CT molecular complexity index is 234. The van der Waals surface area contributed by atoms with Gasteiger partial charge in [0.2, 0.25) is 10.0 Å². The van der Waals surface area contributed by atoms with Crippen LogP contribution in [0.25, 0.3) is 0 Å². The first-order valence-electron chi connectivity index (χ1n) is 3.47. The molecule has 5 nitrogen and oxygen atoms in total. The zero-order valence-electron chi connectivity index (χ0n) is 7.16. The molecule has 0 saturated carbocycles. The second kappa shape index (κ2) is 5.10. The number of nitrogens with one attached hydrogen (secondary N) is 1. The molecule has 0 aromatic carbocycles. The van der Waals surface area contributed by atoms with E-state index >= 15 is 0 Å². The fourth-order valence-corrected chi connectivity index (χ4v) is 1.11. The fourth-order valence-electron chi connectivity index (χ4n) is 0.592. The minimum absolute atomic E-state index is 0.235. The Kier molecular flexibility index (Phi) is 4.84. The van der Waals surface area contributed by atoms with E-state index in [9.17, 15) is 13.2 Å². The number of carbonyl (C=O) groups excluding carboxylic acids is 1. The first kappa shape index (κ1) is 11.4. The van der Waals surface area contributed by atoms with Gasteiger partial charge >= 0.3 is 5.97 Å². The number of ether oxygens (including phenoxy) is 1. The molecule has 0 aromatic rings. The first-order chi connectivity index (χ1) is 5.45. The van der Waals surface area contributed by atoms with Gasteiger partial charge in [0.15, 0.2) is 0 Å². The number of esters is 1. The molecule has 0 amide bonds. The summed E-state index contributed by atoms with van der Waals surface area (Å²) in [5.74, 6) is -0.328. The van der Waals surface area contributed by atoms with Crippen LogP contribution in [0.2, 0.25) is 0 Å². The van der Waals surface area contributed by atoms with Crippen molar-refractivity contribution in [1.29, 1.82) is 0 Å². The molecule has 0 atom stereocenters. The number of hydrogen-bond donors (Lipinski definition) is 1. The lowest BCUT2D eigenvalue weighted by Gasteiger charge is -2.00. The molecule has 0 aliphatic rings. The van der Waals surface area contributed by atoms with E-state index in [2.05, 4.69) is 9.46 Å². The zero-order chi connectivity index (χ0) is 9.61. The van der Waals surface area contributed by atoms with Crippen LogP contribution < -0.4 is 4.72 Å². The third-order valence-corrected chi connectivity index (χ3v) is 1.88. The second-order valence-corrected chi connectivity index (χ2v) is 4.18. The minimum atomic E-state index is -3.13. The monoisotopic (exact) mass is 195 g/mol. The van der Waals surface area contributed by atoms with E-state index in [1.807, 2.05) is 0 Å². The lowest BCUT2D eigenvalue weighted by molar-refractivity contribution is -0.140. The number of carbonyl (C=O) groups is 1. The van der Waals surface area contributed by atoms with Crippen LogP contribution in [0.1, 0.15) is 12.8 Å². The molecule has 0 rings (SSSR count). The van der Waals surface area contributed by atoms with Crippen LogP contribution in [0.15, 0.2) is 0 Å². The van der Waals surface area contributed by atoms with Crippen molar-refractivity contribution < 1.29 is 17.9 Å². The lowest BCUT2D eigenvalue weighted by Crippen LogP contribution is -2.23. The van der Waals surface area contributed by atoms with Crippen LogP contribution >= 0.6 is 0 Å². The molecule has 0 heterocycles. The van der Waals surface area contributed by atoms with Crippen molar-refractivity contribution in [2.24, 2.45) is 0 Å². The summed E-state index contributed by atoms with van der Waals surface area (Å²) < 4.78 is 27.7. The van der Waals surface area contributed by atoms with Gasteiger partial charge in [-0.05, 0) is 6.42 Å². The Labute approximate surface area is 72.1 Å². The van der Waals surface area contributed by atoms with Gasteiger partial charge in [0.25, 0.3) is 0 Å². The Morgan fingerprint density at radius 2 is 2.08 bits per heavy atom. The van der Waals surface area contributed by atoms with Gasteiger partial charge in [-0.3, -0.25) is 4.79 Å². The van der Waals surface area contributed by atoms with Gasteiger partial charge in [0.05, 0.1) is 13.4 Å². The Balaban J connectivity index is 3.40. The molecule has 0 saturated heterocycles. The summed E-state index contributed by atoms with van der Waals surface area (Å²) in [6.45, 7) is 0.272. The summed E-state index contributed by atoms with van der Waals surface area (Å²) in [5.41, 5.74) is 0. The molecule has 72 valence electrons. The van der Waals surface area contributed by atoms with Gasteiger partial charge in [-0.2, -0.15) is 0 Å². The molecule has 0 spiro atoms. The topological polar surface area (TPSA) is 72.5 Å². The molecular weight excluding hydrogens is 182 g/mol. The molecule has 6 heteroatoms. The molecule has 0 aliphatic heterocycles. The maximum absolute atomic E-state index is 10.5. The predicted molar refractivity (Wildman–Crippen MR) is 44.1 cm³/mol. The summed E-state index contributed by atoms with van der Waals surface area (Å²) in [7, 11) is -1.83. The Hall–Kier alpha value is -0.620. The van der Waals surface area contributed by atoms with Crippen LogP contribution in [0, 0.1) is 0 Å². The van der Waals surface area contributed by atoms with E-state index in [1.54, 1.807) is 0 Å². The van der Waals surface area contributed by atoms with Crippen molar-refractivity contribution in [3.05, 3.63) is 0 Å². The van der Waals surface area contributed by atoms with Crippen molar-refractivity contribution >= 4 is 16.0 Å². The van der Waals surface area contributed by atoms with Crippen LogP contribution in [0.5, 0.6) is 0 Å². The van der Waals surface area contributed by atoms with E-state index in [-0.39, 0.29) is 18.9 Å². The summed E-state index contributed by atoms with van der Waals surface area (Å²) in [6.07, 6.45) is 1.77. The SMILES string of the molecule is COC(=O)CCCNS(C)(=O)=O. The summed E-state index contributed by atoms with van der Waals surface area (Å²) in [6, 6.07) is 0. The first-order valence-corrected chi connectivity index (χ1v) is 5.36. The number of methoxy groups -OCH3 is 1. The van der Waals surface area contributed by atoms with Crippen molar-refractivity contribution in [2.45, 2.75) is 12.8 Å². The van der Waals surface area contributed by atoms with E-state index < -0.39 is 10.0 Å². The largest absolute Gasteiger partial charge is 0.469 e. The number of hydrogen-bond acceptors (Lipinski definition) is 4. The van der Waals surface area contributed by atoms with Crippen molar-refractivity contribution in [1.82, 2.24) is 4.72 Å². The van der Waals surface area contributed by atoms with E-state index in [4.69, 9.17) is 0 Å². The van der Waals surface area contributed by atoms with Crippen molar-refractivity contribution in [2.75, 3.05) is 19.9 Å². The maximum Gasteiger partial charge on any atom is 0.305 e. The van der Waals surface area contributed by atoms with Crippen LogP contribution in [0.4, 0.5) is 0 Å². The Morgan fingerprint density at radius 3 is 2.50 bits per heavy atom. The van der Waals surface area contributed by atoms with Crippen LogP contribution in [0.3, 0.4) is 0 Å². The molecule has 0 radical (unpaired) electrons. The molecule has 0 aromatic heterocycles. The lowest BCUT2D eigenvalue weighted by atomic mass is 10.3. The molecular formula is C6H13NO4S. The van der Waals surface area contributed by atoms with Crippen LogP contribution in [-0.4, -0.2) is 34.3 Å². The second-order valence-electron chi connectivity index (χ2n) is 2.35. The van der Waals surface area contributed by atoms with E-state index in [0.717, 1.165) is 6.26 Å². The molecule has 0 unspecified atom stereocenters. The zero-order valence-corrected chi connectivity index (χ0v) is 7.98. The fraction of sp³-hybridized carbons (Fsp3) is 0.833. The maximum atomic E-state index is 10.5. The molecule has 12 heavy (non-hydrogen) atoms. The summed E-state index contributed by atoms with van der Waals surface area (Å²) in [4.78, 5) is 10.5. The van der Waals surface area contributed by atoms with E-state index in [1.165, 1.54) is 7.11 Å². The van der Waals surface area contributed by atoms with Crippen molar-refractivity contribution in [3.63, 3.8) is 0 Å². The van der Waals surface area contributed by atoms with Gasteiger partial charge in [-0.25, -0.2) is 13.1 Å². The predicted octanol–water partition coefficient (Wildman–Crippen LogP) is -0.511. The summed E-state index contributed by atoms with van der Waals surface area (Å²) >= 11 is 0. The highest BCUT2D eigenvalue weighted by molar-refractivity contribution is 7.88. The number of rotatable bonds is 5. The highest BCUT2D eigenvalue weighted by atomic mass is 32.2. The van der Waals surface area contributed by atoms with Crippen LogP contribution in [-0.2, 0) is 19.6 Å². The molecule has 0 fully saturated rings. The van der Waals surface area contributed by atoms with Gasteiger partial charge < -0.3 is 4.74 Å². The average molecular weight is 195 g/mol. The third-order valence-electron chi connectivity index (χ3n) is 1.15. The highest BCUT2D eigenvalue weighted by Gasteiger charge is 2.02. The molecule has 1 N–H and O–H groups in total. The van der Waals surface area contributed by atoms with Gasteiger partial charge in [0, 0.05) is 13.0 Å².